The Morgan fingerprint density at radius 2 is 1.88 bits per heavy atom. The Hall–Kier alpha value is -2.73. The summed E-state index contributed by atoms with van der Waals surface area (Å²) in [5.74, 6) is -1.61. The van der Waals surface area contributed by atoms with Gasteiger partial charge in [0.15, 0.2) is 6.61 Å². The van der Waals surface area contributed by atoms with Gasteiger partial charge >= 0.3 is 12.0 Å². The first-order valence-electron chi connectivity index (χ1n) is 9.29. The Morgan fingerprint density at radius 3 is 2.50 bits per heavy atom. The van der Waals surface area contributed by atoms with Gasteiger partial charge in [-0.2, -0.15) is 0 Å². The molecule has 0 aliphatic carbocycles. The average molecular weight is 613 g/mol. The molecule has 166 valence electrons. The number of barbiturate groups is 1. The highest BCUT2D eigenvalue weighted by Crippen LogP contribution is 2.33. The van der Waals surface area contributed by atoms with Crippen LogP contribution < -0.4 is 15.0 Å². The van der Waals surface area contributed by atoms with Crippen molar-refractivity contribution < 1.29 is 28.7 Å². The molecule has 1 saturated heterocycles. The number of anilines is 1. The fraction of sp³-hybridized carbons (Fsp3) is 0.182. The van der Waals surface area contributed by atoms with Gasteiger partial charge in [-0.25, -0.2) is 14.5 Å². The highest BCUT2D eigenvalue weighted by molar-refractivity contribution is 14.1. The molecule has 1 heterocycles. The standard InChI is InChI=1S/C22H18BrIN2O6/c1-11-4-5-14(6-12(11)2)26-21(29)15(20(28)25-22(26)30)7-13-8-16(23)19(17(24)9-13)32-10-18(27)31-3/h4-9H,10H2,1-3H3,(H,25,28,30)/b15-7+. The van der Waals surface area contributed by atoms with Gasteiger partial charge in [0.05, 0.1) is 20.8 Å². The van der Waals surface area contributed by atoms with Crippen LogP contribution in [0.3, 0.4) is 0 Å². The second-order valence-electron chi connectivity index (χ2n) is 6.90. The van der Waals surface area contributed by atoms with Crippen LogP contribution in [0.4, 0.5) is 10.5 Å². The van der Waals surface area contributed by atoms with Crippen molar-refractivity contribution in [3.05, 3.63) is 60.6 Å². The van der Waals surface area contributed by atoms with Gasteiger partial charge in [0.2, 0.25) is 0 Å². The highest BCUT2D eigenvalue weighted by Gasteiger charge is 2.37. The molecule has 10 heteroatoms. The summed E-state index contributed by atoms with van der Waals surface area (Å²) >= 11 is 5.39. The quantitative estimate of drug-likeness (QED) is 0.238. The largest absolute Gasteiger partial charge is 0.480 e. The van der Waals surface area contributed by atoms with Crippen LogP contribution >= 0.6 is 38.5 Å². The van der Waals surface area contributed by atoms with Crippen LogP contribution in [0.2, 0.25) is 0 Å². The summed E-state index contributed by atoms with van der Waals surface area (Å²) in [6.07, 6.45) is 1.40. The van der Waals surface area contributed by atoms with Crippen molar-refractivity contribution in [1.82, 2.24) is 5.32 Å². The molecular weight excluding hydrogens is 595 g/mol. The van der Waals surface area contributed by atoms with Crippen molar-refractivity contribution >= 4 is 74.1 Å². The Labute approximate surface area is 206 Å². The zero-order valence-corrected chi connectivity index (χ0v) is 21.1. The number of carbonyl (C=O) groups excluding carboxylic acids is 4. The number of amides is 4. The maximum atomic E-state index is 13.1. The monoisotopic (exact) mass is 612 g/mol. The molecule has 3 rings (SSSR count). The van der Waals surface area contributed by atoms with E-state index in [1.165, 1.54) is 13.2 Å². The molecule has 0 aromatic heterocycles. The Bertz CT molecular complexity index is 1150. The maximum Gasteiger partial charge on any atom is 0.343 e. The van der Waals surface area contributed by atoms with E-state index in [0.29, 0.717) is 25.0 Å². The number of nitrogens with zero attached hydrogens (tertiary/aromatic N) is 1. The normalized spacial score (nSPS) is 15.1. The smallest absolute Gasteiger partial charge is 0.343 e. The SMILES string of the molecule is COC(=O)COc1c(Br)cc(/C=C2\C(=O)NC(=O)N(c3ccc(C)c(C)c3)C2=O)cc1I. The molecule has 8 nitrogen and oxygen atoms in total. The van der Waals surface area contributed by atoms with E-state index in [9.17, 15) is 19.2 Å². The lowest BCUT2D eigenvalue weighted by Crippen LogP contribution is -2.54. The van der Waals surface area contributed by atoms with Crippen molar-refractivity contribution in [2.24, 2.45) is 0 Å². The number of ether oxygens (including phenoxy) is 2. The number of nitrogens with one attached hydrogen (secondary N) is 1. The van der Waals surface area contributed by atoms with E-state index in [1.807, 2.05) is 36.4 Å². The number of methoxy groups -OCH3 is 1. The third kappa shape index (κ3) is 5.01. The minimum atomic E-state index is -0.803. The maximum absolute atomic E-state index is 13.1. The minimum absolute atomic E-state index is 0.186. The first-order chi connectivity index (χ1) is 15.1. The van der Waals surface area contributed by atoms with Crippen molar-refractivity contribution in [3.63, 3.8) is 0 Å². The number of imide groups is 2. The molecule has 1 fully saturated rings. The Kier molecular flexibility index (Phi) is 7.34. The van der Waals surface area contributed by atoms with E-state index in [1.54, 1.807) is 30.3 Å². The van der Waals surface area contributed by atoms with Crippen molar-refractivity contribution in [2.45, 2.75) is 13.8 Å². The third-order valence-electron chi connectivity index (χ3n) is 4.74. The van der Waals surface area contributed by atoms with Gasteiger partial charge in [-0.1, -0.05) is 6.07 Å². The number of hydrogen-bond acceptors (Lipinski definition) is 6. The zero-order chi connectivity index (χ0) is 23.6. The van der Waals surface area contributed by atoms with E-state index in [4.69, 9.17) is 4.74 Å². The molecule has 1 aliphatic rings. The molecule has 2 aromatic carbocycles. The summed E-state index contributed by atoms with van der Waals surface area (Å²) in [4.78, 5) is 50.2. The predicted molar refractivity (Wildman–Crippen MR) is 129 cm³/mol. The molecule has 1 aliphatic heterocycles. The number of aryl methyl sites for hydroxylation is 2. The molecule has 0 radical (unpaired) electrons. The van der Waals surface area contributed by atoms with Crippen LogP contribution in [0.1, 0.15) is 16.7 Å². The van der Waals surface area contributed by atoms with Gasteiger partial charge in [-0.15, -0.1) is 0 Å². The zero-order valence-electron chi connectivity index (χ0n) is 17.3. The molecule has 32 heavy (non-hydrogen) atoms. The highest BCUT2D eigenvalue weighted by atomic mass is 127. The summed E-state index contributed by atoms with van der Waals surface area (Å²) in [7, 11) is 1.26. The van der Waals surface area contributed by atoms with Gasteiger partial charge in [-0.3, -0.25) is 14.9 Å². The Morgan fingerprint density at radius 1 is 1.16 bits per heavy atom. The van der Waals surface area contributed by atoms with Crippen LogP contribution in [0.5, 0.6) is 5.75 Å². The molecule has 0 unspecified atom stereocenters. The fourth-order valence-corrected chi connectivity index (χ4v) is 4.68. The summed E-state index contributed by atoms with van der Waals surface area (Å²) in [5, 5.41) is 2.21. The number of carbonyl (C=O) groups is 4. The lowest BCUT2D eigenvalue weighted by atomic mass is 10.1. The van der Waals surface area contributed by atoms with Crippen molar-refractivity contribution in [2.75, 3.05) is 18.6 Å². The van der Waals surface area contributed by atoms with Crippen LogP contribution in [0.25, 0.3) is 6.08 Å². The average Bonchev–Trinajstić information content (AvgIpc) is 2.72. The topological polar surface area (TPSA) is 102 Å². The van der Waals surface area contributed by atoms with Gasteiger partial charge in [0, 0.05) is 0 Å². The van der Waals surface area contributed by atoms with Gasteiger partial charge < -0.3 is 9.47 Å². The lowest BCUT2D eigenvalue weighted by molar-refractivity contribution is -0.143. The number of rotatable bonds is 5. The van der Waals surface area contributed by atoms with Gasteiger partial charge in [0.25, 0.3) is 11.8 Å². The second-order valence-corrected chi connectivity index (χ2v) is 8.92. The molecule has 0 bridgehead atoms. The van der Waals surface area contributed by atoms with Crippen LogP contribution in [0, 0.1) is 17.4 Å². The molecular formula is C22H18BrIN2O6. The number of halogens is 2. The van der Waals surface area contributed by atoms with Crippen molar-refractivity contribution in [1.29, 1.82) is 0 Å². The van der Waals surface area contributed by atoms with Crippen LogP contribution in [-0.4, -0.2) is 37.5 Å². The Balaban J connectivity index is 1.95. The fourth-order valence-electron chi connectivity index (χ4n) is 2.91. The number of hydrogen-bond donors (Lipinski definition) is 1. The number of urea groups is 1. The van der Waals surface area contributed by atoms with E-state index in [0.717, 1.165) is 16.0 Å². The molecule has 0 atom stereocenters. The van der Waals surface area contributed by atoms with Crippen LogP contribution in [0.15, 0.2) is 40.4 Å². The summed E-state index contributed by atoms with van der Waals surface area (Å²) in [6, 6.07) is 7.69. The first-order valence-corrected chi connectivity index (χ1v) is 11.2. The van der Waals surface area contributed by atoms with Crippen molar-refractivity contribution in [3.8, 4) is 5.75 Å². The van der Waals surface area contributed by atoms with Gasteiger partial charge in [0.1, 0.15) is 11.3 Å². The summed E-state index contributed by atoms with van der Waals surface area (Å²) < 4.78 is 11.2. The molecule has 2 aromatic rings. The second kappa shape index (κ2) is 9.82. The minimum Gasteiger partial charge on any atom is -0.480 e. The lowest BCUT2D eigenvalue weighted by Gasteiger charge is -2.27. The van der Waals surface area contributed by atoms with E-state index >= 15 is 0 Å². The molecule has 0 spiro atoms. The van der Waals surface area contributed by atoms with Crippen LogP contribution in [-0.2, 0) is 19.1 Å². The predicted octanol–water partition coefficient (Wildman–Crippen LogP) is 3.89. The summed E-state index contributed by atoms with van der Waals surface area (Å²) in [6.45, 7) is 3.53. The molecule has 1 N–H and O–H groups in total. The molecule has 0 saturated carbocycles. The van der Waals surface area contributed by atoms with E-state index in [2.05, 4.69) is 26.0 Å². The first kappa shape index (κ1) is 23.9. The third-order valence-corrected chi connectivity index (χ3v) is 6.13. The summed E-state index contributed by atoms with van der Waals surface area (Å²) in [5.41, 5.74) is 2.63. The number of benzene rings is 2. The van der Waals surface area contributed by atoms with Gasteiger partial charge in [-0.05, 0) is 99.4 Å². The van der Waals surface area contributed by atoms with E-state index in [-0.39, 0.29) is 12.2 Å². The number of esters is 1. The van der Waals surface area contributed by atoms with E-state index < -0.39 is 23.8 Å². The molecule has 4 amide bonds.